The van der Waals surface area contributed by atoms with E-state index in [1.165, 1.54) is 0 Å². The summed E-state index contributed by atoms with van der Waals surface area (Å²) in [5, 5.41) is 0. The summed E-state index contributed by atoms with van der Waals surface area (Å²) in [5.41, 5.74) is 0. The number of rotatable bonds is 0. The molecule has 0 N–H and O–H groups in total. The van der Waals surface area contributed by atoms with Gasteiger partial charge in [0.1, 0.15) is 5.78 Å². The van der Waals surface area contributed by atoms with Crippen LogP contribution in [0.1, 0.15) is 25.7 Å². The van der Waals surface area contributed by atoms with Crippen molar-refractivity contribution in [1.29, 1.82) is 0 Å². The average molecular weight is 116 g/mol. The molecule has 0 aliphatic heterocycles. The quantitative estimate of drug-likeness (QED) is 0.396. The maximum Gasteiger partial charge on any atom is 0.132 e. The zero-order chi connectivity index (χ0) is 4.41. The number of carbonyl (C=O) groups excluding carboxylic acids is 1. The minimum Gasteiger partial charge on any atom is -0.300 e. The molecule has 0 radical (unpaired) electrons. The molecule has 0 heterocycles. The minimum absolute atomic E-state index is 0. The highest BCUT2D eigenvalue weighted by Crippen LogP contribution is 2.11. The number of hydrogen-bond acceptors (Lipinski definition) is 1. The molecule has 1 aliphatic rings. The van der Waals surface area contributed by atoms with Crippen molar-refractivity contribution in [2.75, 3.05) is 0 Å². The van der Waals surface area contributed by atoms with E-state index in [1.807, 2.05) is 0 Å². The van der Waals surface area contributed by atoms with Crippen molar-refractivity contribution in [2.45, 2.75) is 25.7 Å². The van der Waals surface area contributed by atoms with Gasteiger partial charge < -0.3 is 0 Å². The smallest absolute Gasteiger partial charge is 0.132 e. The van der Waals surface area contributed by atoms with E-state index in [0.29, 0.717) is 5.78 Å². The van der Waals surface area contributed by atoms with Crippen LogP contribution in [0.5, 0.6) is 0 Å². The summed E-state index contributed by atoms with van der Waals surface area (Å²) >= 11 is 0. The fraction of sp³-hybridized carbons (Fsp3) is 0.800. The Bertz CT molecular complexity index is 62.5. The Labute approximate surface area is 48.1 Å². The van der Waals surface area contributed by atoms with Crippen molar-refractivity contribution in [2.24, 2.45) is 0 Å². The van der Waals surface area contributed by atoms with E-state index in [-0.39, 0.29) is 11.0 Å². The summed E-state index contributed by atoms with van der Waals surface area (Å²) in [4.78, 5) is 10.2. The lowest BCUT2D eigenvalue weighted by molar-refractivity contribution is -0.117. The van der Waals surface area contributed by atoms with Crippen molar-refractivity contribution in [3.05, 3.63) is 0 Å². The Balaban J connectivity index is 0.000000360. The molecule has 1 aliphatic carbocycles. The second-order valence-electron chi connectivity index (χ2n) is 1.75. The van der Waals surface area contributed by atoms with Gasteiger partial charge in [-0.25, -0.2) is 0 Å². The van der Waals surface area contributed by atoms with Gasteiger partial charge in [0, 0.05) is 12.8 Å². The third-order valence-electron chi connectivity index (χ3n) is 1.16. The molecule has 1 fully saturated rings. The molecule has 2 heteroatoms. The molecule has 42 valence electrons. The molecule has 0 aromatic heterocycles. The van der Waals surface area contributed by atoms with Crippen LogP contribution in [0.25, 0.3) is 0 Å². The molecule has 1 rings (SSSR count). The molecular formula is C5H12OSi. The first-order valence-corrected chi connectivity index (χ1v) is 2.41. The van der Waals surface area contributed by atoms with Gasteiger partial charge in [-0.05, 0) is 23.8 Å². The van der Waals surface area contributed by atoms with Crippen LogP contribution in [0.2, 0.25) is 0 Å². The maximum atomic E-state index is 10.2. The third-order valence-corrected chi connectivity index (χ3v) is 1.16. The lowest BCUT2D eigenvalue weighted by Gasteiger charge is -1.71. The van der Waals surface area contributed by atoms with Crippen LogP contribution >= 0.6 is 0 Å². The lowest BCUT2D eigenvalue weighted by atomic mass is 10.4. The van der Waals surface area contributed by atoms with Gasteiger partial charge in [0.05, 0.1) is 0 Å². The number of hydrogen-bond donors (Lipinski definition) is 0. The number of ketones is 1. The molecule has 0 bridgehead atoms. The van der Waals surface area contributed by atoms with Gasteiger partial charge in [0.15, 0.2) is 0 Å². The molecule has 7 heavy (non-hydrogen) atoms. The first-order valence-electron chi connectivity index (χ1n) is 2.41. The van der Waals surface area contributed by atoms with Gasteiger partial charge in [-0.2, -0.15) is 0 Å². The minimum atomic E-state index is 0. The summed E-state index contributed by atoms with van der Waals surface area (Å²) in [7, 11) is 0. The second-order valence-corrected chi connectivity index (χ2v) is 1.75. The predicted octanol–water partition coefficient (Wildman–Crippen LogP) is -0.322. The van der Waals surface area contributed by atoms with Crippen molar-refractivity contribution < 1.29 is 4.79 Å². The maximum absolute atomic E-state index is 10.2. The lowest BCUT2D eigenvalue weighted by Crippen LogP contribution is -1.81. The Hall–Kier alpha value is -0.113. The van der Waals surface area contributed by atoms with E-state index in [1.54, 1.807) is 0 Å². The fourth-order valence-corrected chi connectivity index (χ4v) is 0.769. The fourth-order valence-electron chi connectivity index (χ4n) is 0.769. The van der Waals surface area contributed by atoms with Gasteiger partial charge in [-0.15, -0.1) is 0 Å². The summed E-state index contributed by atoms with van der Waals surface area (Å²) in [6.07, 6.45) is 3.97. The van der Waals surface area contributed by atoms with Crippen molar-refractivity contribution >= 4 is 16.7 Å². The highest BCUT2D eigenvalue weighted by atomic mass is 28.1. The topological polar surface area (TPSA) is 17.1 Å². The van der Waals surface area contributed by atoms with E-state index in [2.05, 4.69) is 0 Å². The van der Waals surface area contributed by atoms with Crippen LogP contribution in [0.3, 0.4) is 0 Å². The van der Waals surface area contributed by atoms with Crippen LogP contribution in [-0.2, 0) is 4.79 Å². The van der Waals surface area contributed by atoms with Gasteiger partial charge in [-0.1, -0.05) is 0 Å². The molecule has 0 aromatic carbocycles. The van der Waals surface area contributed by atoms with Gasteiger partial charge in [0.25, 0.3) is 0 Å². The molecule has 0 amide bonds. The molecule has 0 saturated heterocycles. The first kappa shape index (κ1) is 6.89. The molecule has 1 nitrogen and oxygen atoms in total. The van der Waals surface area contributed by atoms with Crippen molar-refractivity contribution in [3.63, 3.8) is 0 Å². The molecular weight excluding hydrogens is 104 g/mol. The summed E-state index contributed by atoms with van der Waals surface area (Å²) in [6.45, 7) is 0. The Kier molecular flexibility index (Phi) is 2.92. The van der Waals surface area contributed by atoms with Crippen LogP contribution in [0.15, 0.2) is 0 Å². The van der Waals surface area contributed by atoms with Crippen molar-refractivity contribution in [1.82, 2.24) is 0 Å². The summed E-state index contributed by atoms with van der Waals surface area (Å²) in [6, 6.07) is 0. The SMILES string of the molecule is O=C1CCCC1.[SiH4]. The molecule has 0 atom stereocenters. The largest absolute Gasteiger partial charge is 0.300 e. The summed E-state index contributed by atoms with van der Waals surface area (Å²) in [5.74, 6) is 0.454. The molecule has 0 aromatic rings. The Morgan fingerprint density at radius 3 is 1.71 bits per heavy atom. The van der Waals surface area contributed by atoms with E-state index in [4.69, 9.17) is 0 Å². The molecule has 0 unspecified atom stereocenters. The van der Waals surface area contributed by atoms with Crippen LogP contribution in [-0.4, -0.2) is 16.7 Å². The van der Waals surface area contributed by atoms with Crippen molar-refractivity contribution in [3.8, 4) is 0 Å². The zero-order valence-corrected chi connectivity index (χ0v) is 3.74. The Morgan fingerprint density at radius 1 is 1.14 bits per heavy atom. The first-order chi connectivity index (χ1) is 2.89. The van der Waals surface area contributed by atoms with E-state index < -0.39 is 0 Å². The van der Waals surface area contributed by atoms with E-state index >= 15 is 0 Å². The Morgan fingerprint density at radius 2 is 1.57 bits per heavy atom. The second kappa shape index (κ2) is 2.96. The molecule has 0 spiro atoms. The van der Waals surface area contributed by atoms with Gasteiger partial charge in [0.2, 0.25) is 0 Å². The zero-order valence-electron chi connectivity index (χ0n) is 3.74. The van der Waals surface area contributed by atoms with Gasteiger partial charge >= 0.3 is 0 Å². The summed E-state index contributed by atoms with van der Waals surface area (Å²) < 4.78 is 0. The van der Waals surface area contributed by atoms with E-state index in [0.717, 1.165) is 25.7 Å². The standard InChI is InChI=1S/C5H8O.H4Si/c6-5-3-1-2-4-5;/h1-4H2;1H4. The normalized spacial score (nSPS) is 19.1. The number of Topliss-reactive ketones (excluding diaryl/α,β-unsaturated/α-hetero) is 1. The monoisotopic (exact) mass is 116 g/mol. The average Bonchev–Trinajstić information content (AvgIpc) is 1.86. The van der Waals surface area contributed by atoms with Crippen LogP contribution in [0.4, 0.5) is 0 Å². The number of carbonyl (C=O) groups is 1. The van der Waals surface area contributed by atoms with E-state index in [9.17, 15) is 4.79 Å². The third kappa shape index (κ3) is 1.88. The van der Waals surface area contributed by atoms with Gasteiger partial charge in [-0.3, -0.25) is 4.79 Å². The van der Waals surface area contributed by atoms with Crippen LogP contribution in [0, 0.1) is 0 Å². The highest BCUT2D eigenvalue weighted by molar-refractivity contribution is 5.80. The molecule has 1 saturated carbocycles. The van der Waals surface area contributed by atoms with Crippen LogP contribution < -0.4 is 0 Å². The predicted molar refractivity (Wildman–Crippen MR) is 34.8 cm³/mol. The highest BCUT2D eigenvalue weighted by Gasteiger charge is 2.07.